The van der Waals surface area contributed by atoms with Crippen LogP contribution in [0.1, 0.15) is 56.9 Å². The number of carbonyl (C=O) groups excluding carboxylic acids is 4. The van der Waals surface area contributed by atoms with Crippen LogP contribution in [0.2, 0.25) is 0 Å². The molecule has 4 heterocycles. The van der Waals surface area contributed by atoms with Gasteiger partial charge in [-0.15, -0.1) is 11.3 Å². The van der Waals surface area contributed by atoms with Gasteiger partial charge in [0.25, 0.3) is 0 Å². The average molecular weight is 490 g/mol. The van der Waals surface area contributed by atoms with E-state index in [9.17, 15) is 24.3 Å². The Morgan fingerprint density at radius 2 is 1.94 bits per heavy atom. The summed E-state index contributed by atoms with van der Waals surface area (Å²) in [6.07, 6.45) is 2.40. The number of Topliss-reactive ketones (excluding diaryl/α,β-unsaturated/α-hetero) is 1. The lowest BCUT2D eigenvalue weighted by molar-refractivity contribution is -0.175. The maximum Gasteiger partial charge on any atom is 0.358 e. The Morgan fingerprint density at radius 1 is 1.26 bits per heavy atom. The molecule has 1 saturated heterocycles. The third-order valence-corrected chi connectivity index (χ3v) is 7.31. The number of imidazole rings is 1. The molecule has 0 aromatic carbocycles. The van der Waals surface area contributed by atoms with E-state index in [2.05, 4.69) is 4.98 Å². The van der Waals surface area contributed by atoms with Crippen molar-refractivity contribution >= 4 is 45.4 Å². The molecule has 11 heteroatoms. The van der Waals surface area contributed by atoms with Gasteiger partial charge in [0.15, 0.2) is 5.78 Å². The molecule has 2 aliphatic heterocycles. The number of hydrogen-bond donors (Lipinski definition) is 1. The zero-order valence-corrected chi connectivity index (χ0v) is 20.6. The largest absolute Gasteiger partial charge is 0.427 e. The number of rotatable bonds is 6. The van der Waals surface area contributed by atoms with Gasteiger partial charge < -0.3 is 19.5 Å². The Labute approximate surface area is 200 Å². The molecule has 4 atom stereocenters. The number of aliphatic hydroxyl groups excluding tert-OH is 1. The number of ether oxygens (including phenoxy) is 2. The molecule has 0 saturated carbocycles. The molecule has 34 heavy (non-hydrogen) atoms. The smallest absolute Gasteiger partial charge is 0.358 e. The molecule has 0 aliphatic carbocycles. The van der Waals surface area contributed by atoms with Crippen LogP contribution in [0.3, 0.4) is 0 Å². The Balaban J connectivity index is 1.71. The number of aliphatic hydroxyl groups is 1. The summed E-state index contributed by atoms with van der Waals surface area (Å²) in [4.78, 5) is 56.8. The Kier molecular flexibility index (Phi) is 5.89. The number of aromatic nitrogens is 2. The monoisotopic (exact) mass is 489 g/mol. The molecular weight excluding hydrogens is 462 g/mol. The van der Waals surface area contributed by atoms with Crippen molar-refractivity contribution in [3.63, 3.8) is 0 Å². The number of β-lactam (4-membered cyclic amide) rings is 1. The lowest BCUT2D eigenvalue weighted by Crippen LogP contribution is -2.63. The van der Waals surface area contributed by atoms with E-state index in [0.29, 0.717) is 21.0 Å². The molecular formula is C23H27N3O7S. The Morgan fingerprint density at radius 3 is 2.53 bits per heavy atom. The number of hydrogen-bond acceptors (Lipinski definition) is 9. The van der Waals surface area contributed by atoms with E-state index in [4.69, 9.17) is 9.47 Å². The molecule has 1 fully saturated rings. The van der Waals surface area contributed by atoms with Crippen LogP contribution in [-0.2, 0) is 23.9 Å². The zero-order chi connectivity index (χ0) is 25.1. The van der Waals surface area contributed by atoms with E-state index < -0.39 is 42.2 Å². The quantitative estimate of drug-likeness (QED) is 0.283. The number of amides is 1. The third kappa shape index (κ3) is 3.72. The highest BCUT2D eigenvalue weighted by atomic mass is 32.1. The first-order chi connectivity index (χ1) is 15.8. The highest BCUT2D eigenvalue weighted by molar-refractivity contribution is 7.18. The maximum atomic E-state index is 13.1. The second-order valence-electron chi connectivity index (χ2n) is 9.70. The first kappa shape index (κ1) is 24.1. The van der Waals surface area contributed by atoms with E-state index in [-0.39, 0.29) is 23.3 Å². The molecule has 0 bridgehead atoms. The summed E-state index contributed by atoms with van der Waals surface area (Å²) in [6, 6.07) is -0.408. The van der Waals surface area contributed by atoms with Crippen LogP contribution >= 0.6 is 11.3 Å². The van der Waals surface area contributed by atoms with Crippen molar-refractivity contribution in [2.24, 2.45) is 17.3 Å². The first-order valence-corrected chi connectivity index (χ1v) is 11.7. The minimum atomic E-state index is -0.881. The number of thiazole rings is 1. The van der Waals surface area contributed by atoms with Crippen LogP contribution in [0.5, 0.6) is 0 Å². The minimum Gasteiger partial charge on any atom is -0.427 e. The van der Waals surface area contributed by atoms with Gasteiger partial charge >= 0.3 is 11.9 Å². The predicted octanol–water partition coefficient (Wildman–Crippen LogP) is 2.26. The molecule has 2 aromatic rings. The lowest BCUT2D eigenvalue weighted by atomic mass is 9.77. The third-order valence-electron chi connectivity index (χ3n) is 6.17. The molecule has 2 aliphatic rings. The molecule has 0 spiro atoms. The van der Waals surface area contributed by atoms with Crippen LogP contribution in [0.15, 0.2) is 18.2 Å². The van der Waals surface area contributed by atoms with E-state index in [0.717, 1.165) is 0 Å². The molecule has 1 unspecified atom stereocenters. The average Bonchev–Trinajstić information content (AvgIpc) is 3.36. The van der Waals surface area contributed by atoms with Crippen LogP contribution in [0, 0.1) is 17.3 Å². The molecule has 4 rings (SSSR count). The highest BCUT2D eigenvalue weighted by Crippen LogP contribution is 2.51. The van der Waals surface area contributed by atoms with Crippen molar-refractivity contribution in [1.29, 1.82) is 0 Å². The second-order valence-corrected chi connectivity index (χ2v) is 10.7. The van der Waals surface area contributed by atoms with Gasteiger partial charge in [0.2, 0.25) is 12.7 Å². The van der Waals surface area contributed by atoms with Gasteiger partial charge in [0.05, 0.1) is 28.4 Å². The topological polar surface area (TPSA) is 128 Å². The van der Waals surface area contributed by atoms with Gasteiger partial charge in [-0.1, -0.05) is 6.92 Å². The van der Waals surface area contributed by atoms with E-state index in [1.54, 1.807) is 38.3 Å². The molecule has 1 amide bonds. The van der Waals surface area contributed by atoms with Crippen molar-refractivity contribution in [3.8, 4) is 0 Å². The SMILES string of the molecule is CC(=O)c1ncn2cc(C3=C(C(=O)OCOC(=O)C(C)(C)C)N4C(=O)[C@H]([C@@H](C)O)[C@H]4C3C)sc12. The summed E-state index contributed by atoms with van der Waals surface area (Å²) in [5, 5.41) is 10.2. The fourth-order valence-corrected chi connectivity index (χ4v) is 5.74. The number of ketones is 1. The zero-order valence-electron chi connectivity index (χ0n) is 19.8. The summed E-state index contributed by atoms with van der Waals surface area (Å²) < 4.78 is 12.0. The fraction of sp³-hybridized carbons (Fsp3) is 0.522. The van der Waals surface area contributed by atoms with E-state index in [1.807, 2.05) is 6.92 Å². The van der Waals surface area contributed by atoms with Crippen molar-refractivity contribution in [1.82, 2.24) is 14.3 Å². The normalized spacial score (nSPS) is 23.1. The summed E-state index contributed by atoms with van der Waals surface area (Å²) in [5.74, 6) is -2.80. The summed E-state index contributed by atoms with van der Waals surface area (Å²) in [6.45, 7) is 9.32. The number of fused-ring (bicyclic) bond motifs is 2. The molecule has 10 nitrogen and oxygen atoms in total. The van der Waals surface area contributed by atoms with Gasteiger partial charge in [-0.3, -0.25) is 18.8 Å². The predicted molar refractivity (Wildman–Crippen MR) is 121 cm³/mol. The molecule has 2 aromatic heterocycles. The van der Waals surface area contributed by atoms with Crippen LogP contribution in [-0.4, -0.2) is 62.0 Å². The van der Waals surface area contributed by atoms with Gasteiger partial charge in [0, 0.05) is 24.6 Å². The van der Waals surface area contributed by atoms with E-state index >= 15 is 0 Å². The number of esters is 2. The number of carbonyl (C=O) groups is 4. The Hall–Kier alpha value is -3.05. The standard InChI is InChI=1S/C23H27N3O7S/c1-10-14(13-7-25-8-24-16(12(3)28)20(25)34-13)18(26-17(10)15(11(2)27)19(26)29)21(30)32-9-33-22(31)23(4,5)6/h7-8,10-11,15,17,27H,9H2,1-6H3/t10?,11-,15-,17-/m1/s1. The van der Waals surface area contributed by atoms with Gasteiger partial charge in [-0.2, -0.15) is 0 Å². The number of nitrogens with zero attached hydrogens (tertiary/aromatic N) is 3. The highest BCUT2D eigenvalue weighted by Gasteiger charge is 2.60. The van der Waals surface area contributed by atoms with Crippen LogP contribution in [0.25, 0.3) is 10.4 Å². The van der Waals surface area contributed by atoms with Gasteiger partial charge in [-0.05, 0) is 27.7 Å². The molecule has 182 valence electrons. The fourth-order valence-electron chi connectivity index (χ4n) is 4.47. The lowest BCUT2D eigenvalue weighted by Gasteiger charge is -2.46. The maximum absolute atomic E-state index is 13.1. The van der Waals surface area contributed by atoms with Crippen molar-refractivity contribution < 1.29 is 33.8 Å². The summed E-state index contributed by atoms with van der Waals surface area (Å²) >= 11 is 1.28. The van der Waals surface area contributed by atoms with Crippen molar-refractivity contribution in [3.05, 3.63) is 28.8 Å². The van der Waals surface area contributed by atoms with Crippen molar-refractivity contribution in [2.45, 2.75) is 53.7 Å². The van der Waals surface area contributed by atoms with E-state index in [1.165, 1.54) is 29.5 Å². The first-order valence-electron chi connectivity index (χ1n) is 10.9. The minimum absolute atomic E-state index is 0.0630. The second kappa shape index (κ2) is 8.31. The van der Waals surface area contributed by atoms with Crippen LogP contribution in [0.4, 0.5) is 0 Å². The molecule has 1 N–H and O–H groups in total. The van der Waals surface area contributed by atoms with Gasteiger partial charge in [0.1, 0.15) is 22.5 Å². The Bertz CT molecular complexity index is 1230. The summed E-state index contributed by atoms with van der Waals surface area (Å²) in [7, 11) is 0. The van der Waals surface area contributed by atoms with Crippen LogP contribution < -0.4 is 0 Å². The van der Waals surface area contributed by atoms with Crippen molar-refractivity contribution in [2.75, 3.05) is 6.79 Å². The molecule has 0 radical (unpaired) electrons. The summed E-state index contributed by atoms with van der Waals surface area (Å²) in [5.41, 5.74) is 0.204. The van der Waals surface area contributed by atoms with Gasteiger partial charge in [-0.25, -0.2) is 9.78 Å².